The highest BCUT2D eigenvalue weighted by Gasteiger charge is 2.43. The first-order chi connectivity index (χ1) is 9.65. The van der Waals surface area contributed by atoms with Crippen molar-refractivity contribution in [3.8, 4) is 0 Å². The van der Waals surface area contributed by atoms with E-state index in [1.807, 2.05) is 10.7 Å². The molecular weight excluding hydrogens is 258 g/mol. The van der Waals surface area contributed by atoms with E-state index in [0.717, 1.165) is 37.9 Å². The van der Waals surface area contributed by atoms with Gasteiger partial charge in [0.1, 0.15) is 5.52 Å². The van der Waals surface area contributed by atoms with Gasteiger partial charge in [0.05, 0.1) is 11.1 Å². The normalized spacial score (nSPS) is 16.4. The van der Waals surface area contributed by atoms with Crippen molar-refractivity contribution in [1.82, 2.24) is 15.0 Å². The first kappa shape index (κ1) is 13.1. The third-order valence-electron chi connectivity index (χ3n) is 4.05. The lowest BCUT2D eigenvalue weighted by atomic mass is 10.0. The van der Waals surface area contributed by atoms with E-state index in [4.69, 9.17) is 9.84 Å². The van der Waals surface area contributed by atoms with Crippen LogP contribution in [0.25, 0.3) is 11.0 Å². The largest absolute Gasteiger partial charge is 0.478 e. The Bertz CT molecular complexity index is 646. The topological polar surface area (TPSA) is 77.2 Å². The molecule has 0 bridgehead atoms. The number of fused-ring (bicyclic) bond motifs is 1. The summed E-state index contributed by atoms with van der Waals surface area (Å²) in [5.41, 5.74) is 1.70. The second kappa shape index (κ2) is 4.86. The molecule has 3 rings (SSSR count). The highest BCUT2D eigenvalue weighted by Crippen LogP contribution is 2.50. The molecule has 0 unspecified atom stereocenters. The molecule has 0 amide bonds. The quantitative estimate of drug-likeness (QED) is 0.871. The Morgan fingerprint density at radius 3 is 2.95 bits per heavy atom. The molecule has 1 aliphatic rings. The fraction of sp³-hybridized carbons (Fsp3) is 0.500. The van der Waals surface area contributed by atoms with Crippen molar-refractivity contribution in [3.63, 3.8) is 0 Å². The van der Waals surface area contributed by atoms with Gasteiger partial charge in [-0.25, -0.2) is 9.48 Å². The molecule has 6 heteroatoms. The molecule has 1 aromatic heterocycles. The Balaban J connectivity index is 1.90. The first-order valence-corrected chi connectivity index (χ1v) is 6.70. The summed E-state index contributed by atoms with van der Waals surface area (Å²) in [4.78, 5) is 11.2. The summed E-state index contributed by atoms with van der Waals surface area (Å²) in [6.07, 6.45) is 3.33. The number of aromatic carboxylic acids is 1. The maximum absolute atomic E-state index is 11.2. The molecule has 0 saturated heterocycles. The minimum atomic E-state index is -0.969. The second-order valence-corrected chi connectivity index (χ2v) is 5.47. The number of benzene rings is 1. The zero-order valence-electron chi connectivity index (χ0n) is 11.4. The van der Waals surface area contributed by atoms with Gasteiger partial charge in [0, 0.05) is 20.3 Å². The lowest BCUT2D eigenvalue weighted by molar-refractivity contribution is 0.0699. The molecule has 1 N–H and O–H groups in total. The Morgan fingerprint density at radius 2 is 2.30 bits per heavy atom. The number of hydrogen-bond donors (Lipinski definition) is 1. The molecule has 0 atom stereocenters. The molecule has 0 spiro atoms. The molecule has 1 aliphatic carbocycles. The van der Waals surface area contributed by atoms with Crippen LogP contribution in [0.15, 0.2) is 18.2 Å². The lowest BCUT2D eigenvalue weighted by Gasteiger charge is -2.14. The molecule has 1 heterocycles. The predicted octanol–water partition coefficient (Wildman–Crippen LogP) is 1.95. The monoisotopic (exact) mass is 275 g/mol. The number of carbonyl (C=O) groups is 1. The smallest absolute Gasteiger partial charge is 0.338 e. The first-order valence-electron chi connectivity index (χ1n) is 6.70. The van der Waals surface area contributed by atoms with E-state index in [0.29, 0.717) is 5.52 Å². The average molecular weight is 275 g/mol. The summed E-state index contributed by atoms with van der Waals surface area (Å²) >= 11 is 0. The van der Waals surface area contributed by atoms with E-state index in [2.05, 4.69) is 10.3 Å². The molecule has 106 valence electrons. The van der Waals surface area contributed by atoms with Crippen LogP contribution in [0.3, 0.4) is 0 Å². The molecule has 1 saturated carbocycles. The van der Waals surface area contributed by atoms with Crippen LogP contribution in [-0.4, -0.2) is 39.8 Å². The molecule has 1 fully saturated rings. The van der Waals surface area contributed by atoms with Crippen molar-refractivity contribution in [3.05, 3.63) is 23.8 Å². The van der Waals surface area contributed by atoms with Crippen LogP contribution in [-0.2, 0) is 11.3 Å². The second-order valence-electron chi connectivity index (χ2n) is 5.47. The van der Waals surface area contributed by atoms with Crippen LogP contribution in [0.1, 0.15) is 29.6 Å². The summed E-state index contributed by atoms with van der Waals surface area (Å²) < 4.78 is 6.98. The van der Waals surface area contributed by atoms with Crippen LogP contribution in [0.2, 0.25) is 0 Å². The highest BCUT2D eigenvalue weighted by molar-refractivity contribution is 6.00. The average Bonchev–Trinajstić information content (AvgIpc) is 3.09. The van der Waals surface area contributed by atoms with Crippen molar-refractivity contribution >= 4 is 17.0 Å². The molecule has 1 aromatic carbocycles. The fourth-order valence-corrected chi connectivity index (χ4v) is 2.58. The third-order valence-corrected chi connectivity index (χ3v) is 4.05. The van der Waals surface area contributed by atoms with Crippen molar-refractivity contribution in [2.24, 2.45) is 5.41 Å². The van der Waals surface area contributed by atoms with Gasteiger partial charge in [-0.3, -0.25) is 0 Å². The highest BCUT2D eigenvalue weighted by atomic mass is 16.5. The summed E-state index contributed by atoms with van der Waals surface area (Å²) in [5, 5.41) is 17.3. The van der Waals surface area contributed by atoms with Crippen LogP contribution in [0, 0.1) is 5.41 Å². The van der Waals surface area contributed by atoms with E-state index < -0.39 is 5.97 Å². The summed E-state index contributed by atoms with van der Waals surface area (Å²) in [6.45, 7) is 1.52. The maximum Gasteiger partial charge on any atom is 0.338 e. The van der Waals surface area contributed by atoms with Crippen LogP contribution in [0.4, 0.5) is 0 Å². The van der Waals surface area contributed by atoms with Gasteiger partial charge >= 0.3 is 5.97 Å². The number of rotatable bonds is 6. The van der Waals surface area contributed by atoms with E-state index in [1.54, 1.807) is 19.2 Å². The number of nitrogens with zero attached hydrogens (tertiary/aromatic N) is 3. The predicted molar refractivity (Wildman–Crippen MR) is 72.6 cm³/mol. The number of carboxylic acid groups (broad SMARTS) is 1. The van der Waals surface area contributed by atoms with Gasteiger partial charge in [-0.2, -0.15) is 0 Å². The van der Waals surface area contributed by atoms with Crippen LogP contribution < -0.4 is 0 Å². The van der Waals surface area contributed by atoms with E-state index in [-0.39, 0.29) is 11.0 Å². The minimum Gasteiger partial charge on any atom is -0.478 e. The SMILES string of the molecule is COCCC1(Cn2nnc3c(C(=O)O)cccc32)CC1. The molecule has 6 nitrogen and oxygen atoms in total. The fourth-order valence-electron chi connectivity index (χ4n) is 2.58. The Hall–Kier alpha value is -1.95. The van der Waals surface area contributed by atoms with Crippen LogP contribution in [0.5, 0.6) is 0 Å². The van der Waals surface area contributed by atoms with Gasteiger partial charge in [0.15, 0.2) is 0 Å². The van der Waals surface area contributed by atoms with E-state index in [1.165, 1.54) is 0 Å². The van der Waals surface area contributed by atoms with Gasteiger partial charge < -0.3 is 9.84 Å². The van der Waals surface area contributed by atoms with Crippen molar-refractivity contribution < 1.29 is 14.6 Å². The van der Waals surface area contributed by atoms with E-state index >= 15 is 0 Å². The minimum absolute atomic E-state index is 0.204. The van der Waals surface area contributed by atoms with Crippen molar-refractivity contribution in [2.75, 3.05) is 13.7 Å². The van der Waals surface area contributed by atoms with Gasteiger partial charge in [0.2, 0.25) is 0 Å². The molecule has 0 radical (unpaired) electrons. The Morgan fingerprint density at radius 1 is 1.50 bits per heavy atom. The van der Waals surface area contributed by atoms with E-state index in [9.17, 15) is 4.79 Å². The third kappa shape index (κ3) is 2.27. The number of ether oxygens (including phenoxy) is 1. The van der Waals surface area contributed by atoms with Crippen molar-refractivity contribution in [1.29, 1.82) is 0 Å². The van der Waals surface area contributed by atoms with Crippen LogP contribution >= 0.6 is 0 Å². The lowest BCUT2D eigenvalue weighted by Crippen LogP contribution is -2.15. The van der Waals surface area contributed by atoms with Gasteiger partial charge in [-0.15, -0.1) is 5.10 Å². The number of methoxy groups -OCH3 is 1. The molecule has 0 aliphatic heterocycles. The summed E-state index contributed by atoms with van der Waals surface area (Å²) in [6, 6.07) is 5.16. The molecular formula is C14H17N3O3. The zero-order valence-corrected chi connectivity index (χ0v) is 11.4. The Kier molecular flexibility index (Phi) is 3.17. The van der Waals surface area contributed by atoms with Gasteiger partial charge in [-0.1, -0.05) is 11.3 Å². The van der Waals surface area contributed by atoms with Gasteiger partial charge in [0.25, 0.3) is 0 Å². The zero-order chi connectivity index (χ0) is 14.2. The van der Waals surface area contributed by atoms with Gasteiger partial charge in [-0.05, 0) is 36.8 Å². The number of aromatic nitrogens is 3. The number of hydrogen-bond acceptors (Lipinski definition) is 4. The molecule has 2 aromatic rings. The van der Waals surface area contributed by atoms with Crippen molar-refractivity contribution in [2.45, 2.75) is 25.8 Å². The summed E-state index contributed by atoms with van der Waals surface area (Å²) in [5.74, 6) is -0.969. The maximum atomic E-state index is 11.2. The molecule has 20 heavy (non-hydrogen) atoms. The number of carboxylic acids is 1. The standard InChI is InChI=1S/C14H17N3O3/c1-20-8-7-14(5-6-14)9-17-11-4-2-3-10(13(18)19)12(11)15-16-17/h2-4H,5-9H2,1H3,(H,18,19). The summed E-state index contributed by atoms with van der Waals surface area (Å²) in [7, 11) is 1.71. The Labute approximate surface area is 116 Å².